The Kier molecular flexibility index (Phi) is 7.51. The fourth-order valence-electron chi connectivity index (χ4n) is 5.43. The summed E-state index contributed by atoms with van der Waals surface area (Å²) in [6, 6.07) is 4.99. The third-order valence-corrected chi connectivity index (χ3v) is 9.05. The number of fused-ring (bicyclic) bond motifs is 1. The molecule has 4 heterocycles. The van der Waals surface area contributed by atoms with E-state index in [1.807, 2.05) is 30.1 Å². The van der Waals surface area contributed by atoms with Gasteiger partial charge in [0.2, 0.25) is 10.0 Å². The molecule has 13 heteroatoms. The van der Waals surface area contributed by atoms with Crippen molar-refractivity contribution in [1.82, 2.24) is 33.9 Å². The number of benzene rings is 1. The molecule has 0 radical (unpaired) electrons. The highest BCUT2D eigenvalue weighted by Gasteiger charge is 2.39. The molecule has 0 saturated carbocycles. The van der Waals surface area contributed by atoms with Gasteiger partial charge >= 0.3 is 0 Å². The Bertz CT molecular complexity index is 1440. The maximum atomic E-state index is 13.2. The number of likely N-dealkylation sites (tertiary alicyclic amines) is 1. The zero-order chi connectivity index (χ0) is 27.8. The third-order valence-electron chi connectivity index (χ3n) is 7.59. The Morgan fingerprint density at radius 2 is 1.92 bits per heavy atom. The Hall–Kier alpha value is -3.26. The van der Waals surface area contributed by atoms with E-state index in [1.165, 1.54) is 6.07 Å². The van der Waals surface area contributed by atoms with Crippen LogP contribution in [-0.4, -0.2) is 101 Å². The number of likely N-dealkylation sites (N-methyl/N-ethyl adjacent to an activating group) is 1. The second-order valence-corrected chi connectivity index (χ2v) is 12.5. The molecule has 0 aliphatic carbocycles. The minimum atomic E-state index is -3.94. The molecule has 2 aliphatic rings. The van der Waals surface area contributed by atoms with Crippen LogP contribution in [0.1, 0.15) is 23.3 Å². The highest BCUT2D eigenvalue weighted by atomic mass is 32.2. The van der Waals surface area contributed by atoms with Crippen LogP contribution in [0.4, 0.5) is 0 Å². The van der Waals surface area contributed by atoms with Crippen LogP contribution in [0.25, 0.3) is 11.1 Å². The first kappa shape index (κ1) is 27.3. The number of rotatable bonds is 2. The zero-order valence-electron chi connectivity index (χ0n) is 22.4. The quantitative estimate of drug-likeness (QED) is 0.471. The molecule has 1 fully saturated rings. The van der Waals surface area contributed by atoms with Gasteiger partial charge in [-0.15, -0.1) is 0 Å². The van der Waals surface area contributed by atoms with Crippen LogP contribution < -0.4 is 9.46 Å². The Labute approximate surface area is 228 Å². The summed E-state index contributed by atoms with van der Waals surface area (Å²) in [6.07, 6.45) is 7.20. The maximum absolute atomic E-state index is 13.2. The normalized spacial score (nSPS) is 21.9. The highest BCUT2D eigenvalue weighted by molar-refractivity contribution is 7.89. The largest absolute Gasteiger partial charge is 0.492 e. The Balaban J connectivity index is 1.44. The summed E-state index contributed by atoms with van der Waals surface area (Å²) >= 11 is 0. The van der Waals surface area contributed by atoms with Gasteiger partial charge in [0.05, 0.1) is 31.4 Å². The SMILES string of the molecule is CN1CC(O)CNS(=O)(=O)c2ccc(-c3cnn(C)c3)cc2OCC2(CCN(C(=O)c3cncn3C)CC2)C1. The topological polar surface area (TPSA) is 135 Å². The maximum Gasteiger partial charge on any atom is 0.272 e. The minimum absolute atomic E-state index is 0.0234. The van der Waals surface area contributed by atoms with Crippen molar-refractivity contribution in [3.8, 4) is 16.9 Å². The molecule has 2 aliphatic heterocycles. The van der Waals surface area contributed by atoms with Gasteiger partial charge in [0.25, 0.3) is 5.91 Å². The van der Waals surface area contributed by atoms with E-state index in [-0.39, 0.29) is 35.1 Å². The number of nitrogens with one attached hydrogen (secondary N) is 1. The molecule has 3 aromatic rings. The first-order valence-corrected chi connectivity index (χ1v) is 14.4. The summed E-state index contributed by atoms with van der Waals surface area (Å²) in [5, 5.41) is 14.8. The molecule has 1 saturated heterocycles. The number of aryl methyl sites for hydroxylation is 2. The molecule has 1 spiro atoms. The molecular weight excluding hydrogens is 522 g/mol. The van der Waals surface area contributed by atoms with Crippen LogP contribution in [0, 0.1) is 5.41 Å². The van der Waals surface area contributed by atoms with Gasteiger partial charge in [-0.05, 0) is 37.6 Å². The number of piperidine rings is 1. The molecule has 0 bridgehead atoms. The van der Waals surface area contributed by atoms with E-state index in [9.17, 15) is 18.3 Å². The number of carbonyl (C=O) groups excluding carboxylic acids is 1. The fourth-order valence-corrected chi connectivity index (χ4v) is 6.62. The van der Waals surface area contributed by atoms with Crippen LogP contribution in [-0.2, 0) is 24.1 Å². The Morgan fingerprint density at radius 3 is 2.59 bits per heavy atom. The Morgan fingerprint density at radius 1 is 1.15 bits per heavy atom. The molecular formula is C26H35N7O5S. The second kappa shape index (κ2) is 10.7. The van der Waals surface area contributed by atoms with Crippen molar-refractivity contribution in [3.63, 3.8) is 0 Å². The molecule has 5 rings (SSSR count). The number of aliphatic hydroxyl groups is 1. The molecule has 2 aromatic heterocycles. The van der Waals surface area contributed by atoms with E-state index in [0.29, 0.717) is 44.7 Å². The lowest BCUT2D eigenvalue weighted by Gasteiger charge is -2.44. The van der Waals surface area contributed by atoms with Crippen LogP contribution >= 0.6 is 0 Å². The minimum Gasteiger partial charge on any atom is -0.492 e. The number of ether oxygens (including phenoxy) is 1. The number of β-amino-alcohol motifs (C(OH)–C–C–N with tert-alkyl or cyclic N) is 1. The lowest BCUT2D eigenvalue weighted by molar-refractivity contribution is 0.0156. The first-order chi connectivity index (χ1) is 18.6. The number of hydrogen-bond acceptors (Lipinski definition) is 8. The van der Waals surface area contributed by atoms with Gasteiger partial charge in [0.15, 0.2) is 0 Å². The number of aromatic nitrogens is 4. The van der Waals surface area contributed by atoms with Crippen molar-refractivity contribution >= 4 is 15.9 Å². The van der Waals surface area contributed by atoms with Gasteiger partial charge in [0, 0.05) is 64.0 Å². The van der Waals surface area contributed by atoms with Crippen molar-refractivity contribution in [2.24, 2.45) is 19.5 Å². The van der Waals surface area contributed by atoms with Gasteiger partial charge < -0.3 is 24.2 Å². The number of aliphatic hydroxyl groups excluding tert-OH is 1. The highest BCUT2D eigenvalue weighted by Crippen LogP contribution is 2.37. The average Bonchev–Trinajstić information content (AvgIpc) is 3.53. The standard InChI is InChI=1S/C26H35N7O5S/c1-30-15-21(34)12-29-39(36,37)24-5-4-19(20-11-28-32(3)14-20)10-23(24)38-17-26(16-30)6-8-33(9-7-26)25(35)22-13-27-18-31(22)2/h4-5,10-11,13-14,18,21,29,34H,6-9,12,15-17H2,1-3H3. The zero-order valence-corrected chi connectivity index (χ0v) is 23.3. The van der Waals surface area contributed by atoms with E-state index in [1.54, 1.807) is 47.2 Å². The smallest absolute Gasteiger partial charge is 0.272 e. The van der Waals surface area contributed by atoms with Gasteiger partial charge in [-0.2, -0.15) is 5.10 Å². The van der Waals surface area contributed by atoms with Crippen molar-refractivity contribution in [3.05, 3.63) is 48.8 Å². The monoisotopic (exact) mass is 557 g/mol. The van der Waals surface area contributed by atoms with E-state index < -0.39 is 16.1 Å². The summed E-state index contributed by atoms with van der Waals surface area (Å²) in [4.78, 5) is 21.0. The average molecular weight is 558 g/mol. The van der Waals surface area contributed by atoms with Crippen molar-refractivity contribution in [2.45, 2.75) is 23.8 Å². The number of carbonyl (C=O) groups is 1. The lowest BCUT2D eigenvalue weighted by atomic mass is 9.78. The number of hydrogen-bond donors (Lipinski definition) is 2. The van der Waals surface area contributed by atoms with Gasteiger partial charge in [-0.3, -0.25) is 9.48 Å². The van der Waals surface area contributed by atoms with Crippen LogP contribution in [0.15, 0.2) is 48.0 Å². The van der Waals surface area contributed by atoms with Gasteiger partial charge in [0.1, 0.15) is 16.3 Å². The van der Waals surface area contributed by atoms with E-state index in [2.05, 4.69) is 14.8 Å². The third kappa shape index (κ3) is 5.86. The van der Waals surface area contributed by atoms with Crippen LogP contribution in [0.5, 0.6) is 5.75 Å². The fraction of sp³-hybridized carbons (Fsp3) is 0.500. The summed E-state index contributed by atoms with van der Waals surface area (Å²) in [5.74, 6) is 0.181. The predicted molar refractivity (Wildman–Crippen MR) is 144 cm³/mol. The first-order valence-electron chi connectivity index (χ1n) is 12.9. The summed E-state index contributed by atoms with van der Waals surface area (Å²) in [6.45, 7) is 2.14. The van der Waals surface area contributed by atoms with E-state index in [0.717, 1.165) is 11.1 Å². The van der Waals surface area contributed by atoms with E-state index >= 15 is 0 Å². The van der Waals surface area contributed by atoms with E-state index in [4.69, 9.17) is 4.74 Å². The van der Waals surface area contributed by atoms with Crippen LogP contribution in [0.2, 0.25) is 0 Å². The van der Waals surface area contributed by atoms with Gasteiger partial charge in [-0.1, -0.05) is 6.07 Å². The number of nitrogens with zero attached hydrogens (tertiary/aromatic N) is 6. The predicted octanol–water partition coefficient (Wildman–Crippen LogP) is 0.707. The van der Waals surface area contributed by atoms with Gasteiger partial charge in [-0.25, -0.2) is 18.1 Å². The molecule has 1 atom stereocenters. The molecule has 210 valence electrons. The number of amides is 1. The summed E-state index contributed by atoms with van der Waals surface area (Å²) in [5.41, 5.74) is 1.81. The second-order valence-electron chi connectivity index (χ2n) is 10.7. The molecule has 1 amide bonds. The molecule has 2 N–H and O–H groups in total. The molecule has 12 nitrogen and oxygen atoms in total. The van der Waals surface area contributed by atoms with Crippen molar-refractivity contribution < 1.29 is 23.1 Å². The van der Waals surface area contributed by atoms with Crippen LogP contribution in [0.3, 0.4) is 0 Å². The number of imidazole rings is 1. The summed E-state index contributed by atoms with van der Waals surface area (Å²) < 4.78 is 38.7. The van der Waals surface area contributed by atoms with Crippen molar-refractivity contribution in [1.29, 1.82) is 0 Å². The summed E-state index contributed by atoms with van der Waals surface area (Å²) in [7, 11) is 1.59. The molecule has 1 unspecified atom stereocenters. The number of sulfonamides is 1. The molecule has 39 heavy (non-hydrogen) atoms. The van der Waals surface area contributed by atoms with Crippen molar-refractivity contribution in [2.75, 3.05) is 46.4 Å². The lowest BCUT2D eigenvalue weighted by Crippen LogP contribution is -2.51. The molecule has 1 aromatic carbocycles.